The lowest BCUT2D eigenvalue weighted by Crippen LogP contribution is -2.41. The van der Waals surface area contributed by atoms with Crippen molar-refractivity contribution in [2.75, 3.05) is 18.0 Å². The highest BCUT2D eigenvalue weighted by Crippen LogP contribution is 2.28. The highest BCUT2D eigenvalue weighted by atomic mass is 16.1. The third-order valence-corrected chi connectivity index (χ3v) is 3.58. The number of carbonyl (C=O) groups is 1. The Labute approximate surface area is 103 Å². The zero-order chi connectivity index (χ0) is 12.4. The molecule has 2 rings (SSSR count). The van der Waals surface area contributed by atoms with Gasteiger partial charge in [0.15, 0.2) is 0 Å². The number of para-hydroxylation sites is 1. The number of anilines is 1. The lowest BCUT2D eigenvalue weighted by Gasteiger charge is -2.35. The number of hydrogen-bond acceptors (Lipinski definition) is 2. The van der Waals surface area contributed by atoms with Gasteiger partial charge in [-0.2, -0.15) is 0 Å². The molecular formula is C14H20N2O. The number of rotatable bonds is 2. The first-order chi connectivity index (χ1) is 8.09. The number of nitrogens with two attached hydrogens (primary N) is 1. The zero-order valence-corrected chi connectivity index (χ0v) is 10.6. The molecule has 1 unspecified atom stereocenters. The van der Waals surface area contributed by atoms with Crippen molar-refractivity contribution in [1.82, 2.24) is 0 Å². The summed E-state index contributed by atoms with van der Waals surface area (Å²) in [6, 6.07) is 6.32. The molecular weight excluding hydrogens is 212 g/mol. The van der Waals surface area contributed by atoms with E-state index in [1.165, 1.54) is 16.8 Å². The predicted molar refractivity (Wildman–Crippen MR) is 70.0 cm³/mol. The summed E-state index contributed by atoms with van der Waals surface area (Å²) in [5, 5.41) is 0. The summed E-state index contributed by atoms with van der Waals surface area (Å²) in [5.41, 5.74) is 9.24. The van der Waals surface area contributed by atoms with Crippen molar-refractivity contribution >= 4 is 11.6 Å². The smallest absolute Gasteiger partial charge is 0.222 e. The molecule has 0 spiro atoms. The Morgan fingerprint density at radius 1 is 1.35 bits per heavy atom. The Hall–Kier alpha value is -1.51. The molecule has 0 aliphatic carbocycles. The maximum absolute atomic E-state index is 11.3. The quantitative estimate of drug-likeness (QED) is 0.847. The molecule has 1 aliphatic heterocycles. The number of hydrogen-bond donors (Lipinski definition) is 1. The van der Waals surface area contributed by atoms with E-state index in [0.29, 0.717) is 0 Å². The molecule has 0 radical (unpaired) electrons. The van der Waals surface area contributed by atoms with Crippen molar-refractivity contribution in [3.05, 3.63) is 29.3 Å². The van der Waals surface area contributed by atoms with Gasteiger partial charge in [-0.05, 0) is 37.8 Å². The molecule has 1 saturated heterocycles. The summed E-state index contributed by atoms with van der Waals surface area (Å²) >= 11 is 0. The molecule has 1 aliphatic rings. The van der Waals surface area contributed by atoms with Gasteiger partial charge in [-0.1, -0.05) is 18.2 Å². The summed E-state index contributed by atoms with van der Waals surface area (Å²) in [4.78, 5) is 13.6. The van der Waals surface area contributed by atoms with E-state index in [4.69, 9.17) is 5.73 Å². The Kier molecular flexibility index (Phi) is 3.36. The summed E-state index contributed by atoms with van der Waals surface area (Å²) in [7, 11) is 0. The fourth-order valence-electron chi connectivity index (χ4n) is 2.72. The van der Waals surface area contributed by atoms with E-state index < -0.39 is 0 Å². The number of primary amides is 1. The largest absolute Gasteiger partial charge is 0.370 e. The Balaban J connectivity index is 2.25. The van der Waals surface area contributed by atoms with Crippen molar-refractivity contribution in [3.8, 4) is 0 Å². The molecule has 0 bridgehead atoms. The second-order valence-electron chi connectivity index (χ2n) is 4.93. The van der Waals surface area contributed by atoms with Gasteiger partial charge >= 0.3 is 0 Å². The highest BCUT2D eigenvalue weighted by Gasteiger charge is 2.25. The van der Waals surface area contributed by atoms with Crippen LogP contribution in [-0.2, 0) is 4.79 Å². The molecule has 1 aromatic rings. The normalized spacial score (nSPS) is 20.4. The van der Waals surface area contributed by atoms with E-state index in [-0.39, 0.29) is 11.8 Å². The molecule has 1 aromatic carbocycles. The van der Waals surface area contributed by atoms with E-state index in [0.717, 1.165) is 25.9 Å². The Morgan fingerprint density at radius 2 is 2.00 bits per heavy atom. The van der Waals surface area contributed by atoms with Crippen LogP contribution in [0.25, 0.3) is 0 Å². The molecule has 17 heavy (non-hydrogen) atoms. The fraction of sp³-hybridized carbons (Fsp3) is 0.500. The monoisotopic (exact) mass is 232 g/mol. The lowest BCUT2D eigenvalue weighted by atomic mass is 9.95. The predicted octanol–water partition coefficient (Wildman–Crippen LogP) is 2.01. The van der Waals surface area contributed by atoms with Gasteiger partial charge in [0.05, 0.1) is 5.92 Å². The van der Waals surface area contributed by atoms with Crippen LogP contribution in [0.3, 0.4) is 0 Å². The lowest BCUT2D eigenvalue weighted by molar-refractivity contribution is -0.122. The van der Waals surface area contributed by atoms with E-state index in [1.807, 2.05) is 0 Å². The molecule has 2 N–H and O–H groups in total. The minimum atomic E-state index is -0.166. The van der Waals surface area contributed by atoms with Crippen molar-refractivity contribution in [2.24, 2.45) is 11.7 Å². The molecule has 0 aromatic heterocycles. The maximum Gasteiger partial charge on any atom is 0.222 e. The first-order valence-electron chi connectivity index (χ1n) is 6.20. The van der Waals surface area contributed by atoms with Gasteiger partial charge in [-0.15, -0.1) is 0 Å². The van der Waals surface area contributed by atoms with Crippen LogP contribution >= 0.6 is 0 Å². The number of nitrogens with zero attached hydrogens (tertiary/aromatic N) is 1. The molecule has 3 nitrogen and oxygen atoms in total. The molecule has 1 amide bonds. The van der Waals surface area contributed by atoms with Gasteiger partial charge in [0.2, 0.25) is 5.91 Å². The Morgan fingerprint density at radius 3 is 2.59 bits per heavy atom. The average molecular weight is 232 g/mol. The molecule has 0 saturated carbocycles. The van der Waals surface area contributed by atoms with E-state index in [1.54, 1.807) is 0 Å². The second kappa shape index (κ2) is 4.78. The highest BCUT2D eigenvalue weighted by molar-refractivity contribution is 5.78. The first-order valence-corrected chi connectivity index (χ1v) is 6.20. The van der Waals surface area contributed by atoms with Crippen LogP contribution in [0.15, 0.2) is 18.2 Å². The number of piperidine rings is 1. The van der Waals surface area contributed by atoms with Crippen LogP contribution in [0.5, 0.6) is 0 Å². The van der Waals surface area contributed by atoms with E-state index >= 15 is 0 Å². The van der Waals surface area contributed by atoms with Crippen LogP contribution in [0.4, 0.5) is 5.69 Å². The van der Waals surface area contributed by atoms with E-state index in [9.17, 15) is 4.79 Å². The van der Waals surface area contributed by atoms with Crippen molar-refractivity contribution in [1.29, 1.82) is 0 Å². The van der Waals surface area contributed by atoms with Crippen LogP contribution in [0, 0.1) is 19.8 Å². The number of aryl methyl sites for hydroxylation is 2. The average Bonchev–Trinajstić information content (AvgIpc) is 2.29. The standard InChI is InChI=1S/C14H20N2O/c1-10-5-3-6-11(2)13(10)16-8-4-7-12(9-16)14(15)17/h3,5-6,12H,4,7-9H2,1-2H3,(H2,15,17). The molecule has 3 heteroatoms. The summed E-state index contributed by atoms with van der Waals surface area (Å²) in [5.74, 6) is -0.163. The summed E-state index contributed by atoms with van der Waals surface area (Å²) in [6.07, 6.45) is 1.97. The zero-order valence-electron chi connectivity index (χ0n) is 10.6. The topological polar surface area (TPSA) is 46.3 Å². The maximum atomic E-state index is 11.3. The number of amides is 1. The molecule has 92 valence electrons. The van der Waals surface area contributed by atoms with Gasteiger partial charge in [0.1, 0.15) is 0 Å². The van der Waals surface area contributed by atoms with Gasteiger partial charge in [-0.3, -0.25) is 4.79 Å². The SMILES string of the molecule is Cc1cccc(C)c1N1CCCC(C(N)=O)C1. The van der Waals surface area contributed by atoms with Crippen LogP contribution < -0.4 is 10.6 Å². The van der Waals surface area contributed by atoms with Crippen molar-refractivity contribution in [2.45, 2.75) is 26.7 Å². The number of carbonyl (C=O) groups excluding carboxylic acids is 1. The van der Waals surface area contributed by atoms with Crippen LogP contribution in [0.2, 0.25) is 0 Å². The van der Waals surface area contributed by atoms with Crippen molar-refractivity contribution in [3.63, 3.8) is 0 Å². The number of benzene rings is 1. The van der Waals surface area contributed by atoms with Crippen LogP contribution in [-0.4, -0.2) is 19.0 Å². The van der Waals surface area contributed by atoms with Gasteiger partial charge in [-0.25, -0.2) is 0 Å². The Bertz CT molecular complexity index is 408. The molecule has 1 atom stereocenters. The van der Waals surface area contributed by atoms with E-state index in [2.05, 4.69) is 36.9 Å². The van der Waals surface area contributed by atoms with Crippen molar-refractivity contribution < 1.29 is 4.79 Å². The second-order valence-corrected chi connectivity index (χ2v) is 4.93. The first kappa shape index (κ1) is 12.0. The van der Waals surface area contributed by atoms with Gasteiger partial charge < -0.3 is 10.6 Å². The minimum Gasteiger partial charge on any atom is -0.370 e. The third-order valence-electron chi connectivity index (χ3n) is 3.58. The minimum absolute atomic E-state index is 0.00255. The van der Waals surface area contributed by atoms with Gasteiger partial charge in [0, 0.05) is 18.8 Å². The van der Waals surface area contributed by atoms with Gasteiger partial charge in [0.25, 0.3) is 0 Å². The third kappa shape index (κ3) is 2.43. The molecule has 1 heterocycles. The molecule has 1 fully saturated rings. The summed E-state index contributed by atoms with van der Waals surface area (Å²) in [6.45, 7) is 6.03. The fourth-order valence-corrected chi connectivity index (χ4v) is 2.72. The summed E-state index contributed by atoms with van der Waals surface area (Å²) < 4.78 is 0. The van der Waals surface area contributed by atoms with Crippen LogP contribution in [0.1, 0.15) is 24.0 Å².